The molecule has 22 heavy (non-hydrogen) atoms. The van der Waals surface area contributed by atoms with E-state index in [1.165, 1.54) is 12.1 Å². The van der Waals surface area contributed by atoms with Gasteiger partial charge < -0.3 is 15.8 Å². The topological polar surface area (TPSA) is 120 Å². The number of hydrogen-bond donors (Lipinski definition) is 3. The van der Waals surface area contributed by atoms with Crippen molar-refractivity contribution in [2.24, 2.45) is 15.9 Å². The second-order valence-corrected chi connectivity index (χ2v) is 6.47. The quantitative estimate of drug-likeness (QED) is 0.351. The summed E-state index contributed by atoms with van der Waals surface area (Å²) < 4.78 is 28.0. The molecule has 0 aliphatic carbocycles. The van der Waals surface area contributed by atoms with Gasteiger partial charge in [-0.2, -0.15) is 0 Å². The molecule has 0 aromatic heterocycles. The summed E-state index contributed by atoms with van der Waals surface area (Å²) in [5, 5.41) is 8.08. The lowest BCUT2D eigenvalue weighted by Gasteiger charge is -2.11. The van der Waals surface area contributed by atoms with E-state index in [9.17, 15) is 8.42 Å². The predicted octanol–water partition coefficient (Wildman–Crippen LogP) is 0.535. The summed E-state index contributed by atoms with van der Waals surface area (Å²) in [5.74, 6) is 0.312. The van der Waals surface area contributed by atoms with Crippen LogP contribution in [0.25, 0.3) is 0 Å². The van der Waals surface area contributed by atoms with E-state index in [0.29, 0.717) is 12.5 Å². The summed E-state index contributed by atoms with van der Waals surface area (Å²) >= 11 is 0. The van der Waals surface area contributed by atoms with Crippen molar-refractivity contribution in [3.8, 4) is 0 Å². The van der Waals surface area contributed by atoms with Gasteiger partial charge >= 0.3 is 0 Å². The second kappa shape index (κ2) is 8.65. The minimum absolute atomic E-state index is 0. The summed E-state index contributed by atoms with van der Waals surface area (Å²) in [6, 6.07) is 6.33. The smallest absolute Gasteiger partial charge is 0.238 e. The van der Waals surface area contributed by atoms with Gasteiger partial charge in [0.15, 0.2) is 5.96 Å². The third-order valence-electron chi connectivity index (χ3n) is 3.19. The number of rotatable bonds is 5. The SMILES string of the molecule is I.NC(=NCc1cccc(S(N)(=O)=O)c1)NCC1CCCO1. The van der Waals surface area contributed by atoms with Crippen LogP contribution in [0, 0.1) is 0 Å². The Morgan fingerprint density at radius 2 is 2.23 bits per heavy atom. The van der Waals surface area contributed by atoms with Crippen molar-refractivity contribution in [3.05, 3.63) is 29.8 Å². The molecule has 1 saturated heterocycles. The Hall–Kier alpha value is -0.910. The summed E-state index contributed by atoms with van der Waals surface area (Å²) in [6.07, 6.45) is 2.28. The zero-order chi connectivity index (χ0) is 15.3. The standard InChI is InChI=1S/C13H20N4O3S.HI/c14-13(17-9-11-4-2-6-20-11)16-8-10-3-1-5-12(7-10)21(15,18)19;/h1,3,5,7,11H,2,4,6,8-9H2,(H3,14,16,17)(H2,15,18,19);1H. The monoisotopic (exact) mass is 440 g/mol. The van der Waals surface area contributed by atoms with Gasteiger partial charge in [0.2, 0.25) is 10.0 Å². The molecule has 9 heteroatoms. The molecule has 1 aliphatic heterocycles. The third kappa shape index (κ3) is 6.07. The molecule has 0 spiro atoms. The number of nitrogens with one attached hydrogen (secondary N) is 1. The van der Waals surface area contributed by atoms with E-state index in [-0.39, 0.29) is 41.5 Å². The van der Waals surface area contributed by atoms with Gasteiger partial charge in [-0.05, 0) is 30.5 Å². The zero-order valence-electron chi connectivity index (χ0n) is 12.1. The molecule has 1 atom stereocenters. The van der Waals surface area contributed by atoms with Gasteiger partial charge in [-0.15, -0.1) is 24.0 Å². The number of hydrogen-bond acceptors (Lipinski definition) is 4. The maximum absolute atomic E-state index is 11.3. The summed E-state index contributed by atoms with van der Waals surface area (Å²) in [5.41, 5.74) is 6.49. The summed E-state index contributed by atoms with van der Waals surface area (Å²) in [7, 11) is -3.70. The first-order valence-corrected chi connectivity index (χ1v) is 8.27. The molecule has 1 aliphatic rings. The lowest BCUT2D eigenvalue weighted by atomic mass is 10.2. The molecule has 7 nitrogen and oxygen atoms in total. The number of primary sulfonamides is 1. The fourth-order valence-electron chi connectivity index (χ4n) is 2.08. The van der Waals surface area contributed by atoms with Crippen LogP contribution >= 0.6 is 24.0 Å². The van der Waals surface area contributed by atoms with Crippen LogP contribution in [0.5, 0.6) is 0 Å². The minimum Gasteiger partial charge on any atom is -0.376 e. The molecule has 0 saturated carbocycles. The average molecular weight is 440 g/mol. The first-order valence-electron chi connectivity index (χ1n) is 6.72. The van der Waals surface area contributed by atoms with Crippen molar-refractivity contribution in [2.75, 3.05) is 13.2 Å². The molecule has 1 unspecified atom stereocenters. The number of halogens is 1. The third-order valence-corrected chi connectivity index (χ3v) is 4.10. The molecular weight excluding hydrogens is 419 g/mol. The van der Waals surface area contributed by atoms with Gasteiger partial charge in [0.25, 0.3) is 0 Å². The Bertz CT molecular complexity index is 615. The Kier molecular flexibility index (Phi) is 7.53. The van der Waals surface area contributed by atoms with E-state index in [2.05, 4.69) is 10.3 Å². The lowest BCUT2D eigenvalue weighted by Crippen LogP contribution is -2.37. The average Bonchev–Trinajstić information content (AvgIpc) is 2.95. The molecule has 5 N–H and O–H groups in total. The highest BCUT2D eigenvalue weighted by atomic mass is 127. The second-order valence-electron chi connectivity index (χ2n) is 4.91. The normalized spacial score (nSPS) is 18.8. The number of ether oxygens (including phenoxy) is 1. The Labute approximate surface area is 147 Å². The van der Waals surface area contributed by atoms with Crippen LogP contribution in [0.2, 0.25) is 0 Å². The van der Waals surface area contributed by atoms with Crippen LogP contribution in [0.3, 0.4) is 0 Å². The fraction of sp³-hybridized carbons (Fsp3) is 0.462. The van der Waals surface area contributed by atoms with Gasteiger partial charge in [0.1, 0.15) is 0 Å². The Morgan fingerprint density at radius 1 is 1.45 bits per heavy atom. The highest BCUT2D eigenvalue weighted by molar-refractivity contribution is 14.0. The van der Waals surface area contributed by atoms with Gasteiger partial charge in [-0.3, -0.25) is 0 Å². The maximum atomic E-state index is 11.3. The first kappa shape index (κ1) is 19.1. The van der Waals surface area contributed by atoms with E-state index in [0.717, 1.165) is 25.0 Å². The largest absolute Gasteiger partial charge is 0.376 e. The number of sulfonamides is 1. The fourth-order valence-corrected chi connectivity index (χ4v) is 2.66. The number of nitrogens with two attached hydrogens (primary N) is 2. The molecule has 0 radical (unpaired) electrons. The number of aliphatic imine (C=N–C) groups is 1. The van der Waals surface area contributed by atoms with Gasteiger partial charge in [-0.25, -0.2) is 18.5 Å². The van der Waals surface area contributed by atoms with Crippen molar-refractivity contribution in [1.29, 1.82) is 0 Å². The molecule has 1 aromatic rings. The number of nitrogens with zero attached hydrogens (tertiary/aromatic N) is 1. The highest BCUT2D eigenvalue weighted by Gasteiger charge is 2.14. The zero-order valence-corrected chi connectivity index (χ0v) is 15.2. The molecular formula is C13H21IN4O3S. The number of guanidine groups is 1. The van der Waals surface area contributed by atoms with Crippen LogP contribution < -0.4 is 16.2 Å². The van der Waals surface area contributed by atoms with Crippen molar-refractivity contribution in [3.63, 3.8) is 0 Å². The molecule has 1 aromatic carbocycles. The Morgan fingerprint density at radius 3 is 2.86 bits per heavy atom. The first-order chi connectivity index (χ1) is 9.95. The number of benzene rings is 1. The van der Waals surface area contributed by atoms with Gasteiger partial charge in [0, 0.05) is 13.2 Å². The predicted molar refractivity (Wildman–Crippen MR) is 95.5 cm³/mol. The van der Waals surface area contributed by atoms with Crippen LogP contribution in [0.1, 0.15) is 18.4 Å². The Balaban J connectivity index is 0.00000242. The highest BCUT2D eigenvalue weighted by Crippen LogP contribution is 2.11. The molecule has 1 fully saturated rings. The summed E-state index contributed by atoms with van der Waals surface area (Å²) in [6.45, 7) is 1.71. The van der Waals surface area contributed by atoms with E-state index in [1.807, 2.05) is 0 Å². The van der Waals surface area contributed by atoms with E-state index >= 15 is 0 Å². The molecule has 124 valence electrons. The van der Waals surface area contributed by atoms with Crippen LogP contribution in [0.4, 0.5) is 0 Å². The lowest BCUT2D eigenvalue weighted by molar-refractivity contribution is 0.114. The van der Waals surface area contributed by atoms with Crippen molar-refractivity contribution in [2.45, 2.75) is 30.4 Å². The van der Waals surface area contributed by atoms with Crippen molar-refractivity contribution >= 4 is 40.0 Å². The van der Waals surface area contributed by atoms with Crippen molar-refractivity contribution in [1.82, 2.24) is 5.32 Å². The molecule has 2 rings (SSSR count). The van der Waals surface area contributed by atoms with Crippen molar-refractivity contribution < 1.29 is 13.2 Å². The van der Waals surface area contributed by atoms with Gasteiger partial charge in [-0.1, -0.05) is 12.1 Å². The molecule has 1 heterocycles. The van der Waals surface area contributed by atoms with Crippen LogP contribution in [0.15, 0.2) is 34.2 Å². The maximum Gasteiger partial charge on any atom is 0.238 e. The minimum atomic E-state index is -3.70. The van der Waals surface area contributed by atoms with E-state index in [4.69, 9.17) is 15.6 Å². The van der Waals surface area contributed by atoms with E-state index < -0.39 is 10.0 Å². The van der Waals surface area contributed by atoms with Crippen LogP contribution in [-0.4, -0.2) is 33.6 Å². The summed E-state index contributed by atoms with van der Waals surface area (Å²) in [4.78, 5) is 4.24. The van der Waals surface area contributed by atoms with Crippen LogP contribution in [-0.2, 0) is 21.3 Å². The molecule has 0 bridgehead atoms. The van der Waals surface area contributed by atoms with E-state index in [1.54, 1.807) is 12.1 Å². The molecule has 0 amide bonds. The van der Waals surface area contributed by atoms with Gasteiger partial charge in [0.05, 0.1) is 17.5 Å².